The van der Waals surface area contributed by atoms with Gasteiger partial charge in [-0.3, -0.25) is 0 Å². The van der Waals surface area contributed by atoms with E-state index in [1.165, 1.54) is 16.8 Å². The maximum Gasteiger partial charge on any atom is 0.243 e. The summed E-state index contributed by atoms with van der Waals surface area (Å²) in [5.74, 6) is 0. The molecule has 1 fully saturated rings. The lowest BCUT2D eigenvalue weighted by Crippen LogP contribution is -2.49. The number of benzene rings is 2. The molecule has 1 aliphatic heterocycles. The van der Waals surface area contributed by atoms with E-state index in [0.717, 1.165) is 16.7 Å². The van der Waals surface area contributed by atoms with Gasteiger partial charge in [-0.2, -0.15) is 4.31 Å². The van der Waals surface area contributed by atoms with Crippen molar-refractivity contribution in [3.05, 3.63) is 58.1 Å². The van der Waals surface area contributed by atoms with Gasteiger partial charge in [0, 0.05) is 31.9 Å². The topological polar surface area (TPSA) is 40.6 Å². The van der Waals surface area contributed by atoms with Crippen LogP contribution in [-0.2, 0) is 10.0 Å². The second kappa shape index (κ2) is 7.05. The zero-order chi connectivity index (χ0) is 19.1. The van der Waals surface area contributed by atoms with E-state index in [0.29, 0.717) is 31.1 Å². The van der Waals surface area contributed by atoms with Gasteiger partial charge in [0.25, 0.3) is 0 Å². The van der Waals surface area contributed by atoms with E-state index in [4.69, 9.17) is 0 Å². The van der Waals surface area contributed by atoms with E-state index in [2.05, 4.69) is 36.9 Å². The molecule has 0 spiro atoms. The van der Waals surface area contributed by atoms with Crippen molar-refractivity contribution in [3.8, 4) is 0 Å². The first kappa shape index (κ1) is 18.9. The first-order valence-electron chi connectivity index (χ1n) is 9.11. The fraction of sp³-hybridized carbons (Fsp3) is 0.429. The number of piperazine rings is 1. The number of rotatable bonds is 3. The van der Waals surface area contributed by atoms with Crippen LogP contribution in [0.3, 0.4) is 0 Å². The molecule has 0 atom stereocenters. The van der Waals surface area contributed by atoms with Crippen molar-refractivity contribution >= 4 is 15.7 Å². The molecule has 0 aromatic heterocycles. The summed E-state index contributed by atoms with van der Waals surface area (Å²) in [4.78, 5) is 2.73. The Balaban J connectivity index is 1.80. The number of hydrogen-bond donors (Lipinski definition) is 0. The van der Waals surface area contributed by atoms with Gasteiger partial charge in [0.15, 0.2) is 0 Å². The highest BCUT2D eigenvalue weighted by Gasteiger charge is 2.30. The summed E-state index contributed by atoms with van der Waals surface area (Å²) in [6, 6.07) is 10.1. The number of nitrogens with zero attached hydrogens (tertiary/aromatic N) is 2. The Labute approximate surface area is 157 Å². The van der Waals surface area contributed by atoms with Gasteiger partial charge in [-0.25, -0.2) is 8.42 Å². The van der Waals surface area contributed by atoms with Crippen LogP contribution in [0.4, 0.5) is 5.69 Å². The maximum atomic E-state index is 13.1. The average molecular weight is 373 g/mol. The van der Waals surface area contributed by atoms with Crippen LogP contribution in [0.15, 0.2) is 35.2 Å². The number of anilines is 1. The van der Waals surface area contributed by atoms with Gasteiger partial charge in [0.1, 0.15) is 0 Å². The minimum absolute atomic E-state index is 0.445. The average Bonchev–Trinajstić information content (AvgIpc) is 2.60. The molecule has 2 aromatic carbocycles. The molecule has 3 rings (SSSR count). The lowest BCUT2D eigenvalue weighted by Gasteiger charge is -2.36. The molecule has 1 saturated heterocycles. The molecule has 2 aromatic rings. The summed E-state index contributed by atoms with van der Waals surface area (Å²) < 4.78 is 27.9. The third-order valence-corrected chi connectivity index (χ3v) is 7.60. The third-order valence-electron chi connectivity index (χ3n) is 5.56. The van der Waals surface area contributed by atoms with Crippen LogP contribution >= 0.6 is 0 Å². The van der Waals surface area contributed by atoms with Gasteiger partial charge in [0.2, 0.25) is 10.0 Å². The molecule has 1 heterocycles. The van der Waals surface area contributed by atoms with Crippen molar-refractivity contribution in [2.75, 3.05) is 31.1 Å². The van der Waals surface area contributed by atoms with Crippen LogP contribution in [0, 0.1) is 34.6 Å². The van der Waals surface area contributed by atoms with Gasteiger partial charge in [-0.15, -0.1) is 0 Å². The Hall–Kier alpha value is -1.85. The second-order valence-electron chi connectivity index (χ2n) is 7.31. The van der Waals surface area contributed by atoms with Gasteiger partial charge in [-0.1, -0.05) is 23.8 Å². The second-order valence-corrected chi connectivity index (χ2v) is 9.22. The minimum atomic E-state index is -3.45. The van der Waals surface area contributed by atoms with Crippen molar-refractivity contribution in [3.63, 3.8) is 0 Å². The molecule has 5 heteroatoms. The maximum absolute atomic E-state index is 13.1. The highest BCUT2D eigenvalue weighted by Crippen LogP contribution is 2.27. The van der Waals surface area contributed by atoms with Crippen molar-refractivity contribution in [1.82, 2.24) is 4.31 Å². The van der Waals surface area contributed by atoms with Crippen LogP contribution < -0.4 is 4.90 Å². The molecule has 0 saturated carbocycles. The summed E-state index contributed by atoms with van der Waals surface area (Å²) >= 11 is 0. The van der Waals surface area contributed by atoms with E-state index in [9.17, 15) is 8.42 Å². The minimum Gasteiger partial charge on any atom is -0.369 e. The summed E-state index contributed by atoms with van der Waals surface area (Å²) in [5, 5.41) is 0. The van der Waals surface area contributed by atoms with Crippen LogP contribution in [0.5, 0.6) is 0 Å². The Morgan fingerprint density at radius 3 is 2.04 bits per heavy atom. The van der Waals surface area contributed by atoms with Crippen LogP contribution in [0.25, 0.3) is 0 Å². The number of aryl methyl sites for hydroxylation is 3. The van der Waals surface area contributed by atoms with Crippen molar-refractivity contribution in [2.45, 2.75) is 39.5 Å². The fourth-order valence-corrected chi connectivity index (χ4v) is 5.38. The monoisotopic (exact) mass is 372 g/mol. The van der Waals surface area contributed by atoms with Crippen LogP contribution in [0.2, 0.25) is 0 Å². The smallest absolute Gasteiger partial charge is 0.243 e. The van der Waals surface area contributed by atoms with E-state index in [1.54, 1.807) is 10.4 Å². The van der Waals surface area contributed by atoms with Gasteiger partial charge in [0.05, 0.1) is 4.90 Å². The van der Waals surface area contributed by atoms with Crippen molar-refractivity contribution in [2.24, 2.45) is 0 Å². The summed E-state index contributed by atoms with van der Waals surface area (Å²) in [5.41, 5.74) is 6.74. The first-order valence-corrected chi connectivity index (χ1v) is 10.5. The first-order chi connectivity index (χ1) is 12.2. The largest absolute Gasteiger partial charge is 0.369 e. The Morgan fingerprint density at radius 2 is 1.42 bits per heavy atom. The molecule has 0 unspecified atom stereocenters. The molecule has 140 valence electrons. The van der Waals surface area contributed by atoms with E-state index in [-0.39, 0.29) is 0 Å². The quantitative estimate of drug-likeness (QED) is 0.824. The van der Waals surface area contributed by atoms with E-state index < -0.39 is 10.0 Å². The molecule has 0 N–H and O–H groups in total. The highest BCUT2D eigenvalue weighted by atomic mass is 32.2. The van der Waals surface area contributed by atoms with E-state index >= 15 is 0 Å². The third kappa shape index (κ3) is 3.38. The molecule has 4 nitrogen and oxygen atoms in total. The molecular formula is C21H28N2O2S. The molecule has 1 aliphatic rings. The standard InChI is InChI=1S/C21H28N2O2S/c1-15-6-8-20(17(3)14-15)22-10-12-23(13-11-22)26(24,25)21-9-7-16(2)18(4)19(21)5/h6-9,14H,10-13H2,1-5H3. The van der Waals surface area contributed by atoms with Gasteiger partial charge < -0.3 is 4.90 Å². The lowest BCUT2D eigenvalue weighted by atomic mass is 10.1. The van der Waals surface area contributed by atoms with Gasteiger partial charge >= 0.3 is 0 Å². The molecule has 26 heavy (non-hydrogen) atoms. The zero-order valence-corrected chi connectivity index (χ0v) is 17.2. The summed E-state index contributed by atoms with van der Waals surface area (Å²) in [6.45, 7) is 12.6. The number of sulfonamides is 1. The number of hydrogen-bond acceptors (Lipinski definition) is 3. The Kier molecular flexibility index (Phi) is 5.13. The lowest BCUT2D eigenvalue weighted by molar-refractivity contribution is 0.384. The van der Waals surface area contributed by atoms with E-state index in [1.807, 2.05) is 26.8 Å². The molecule has 0 amide bonds. The normalized spacial score (nSPS) is 16.1. The predicted octanol–water partition coefficient (Wildman–Crippen LogP) is 3.74. The molecule has 0 aliphatic carbocycles. The van der Waals surface area contributed by atoms with Gasteiger partial charge in [-0.05, 0) is 69.0 Å². The Morgan fingerprint density at radius 1 is 0.769 bits per heavy atom. The highest BCUT2D eigenvalue weighted by molar-refractivity contribution is 7.89. The Bertz CT molecular complexity index is 927. The van der Waals surface area contributed by atoms with Crippen molar-refractivity contribution in [1.29, 1.82) is 0 Å². The summed E-state index contributed by atoms with van der Waals surface area (Å²) in [7, 11) is -3.45. The van der Waals surface area contributed by atoms with Crippen LogP contribution in [-0.4, -0.2) is 38.9 Å². The predicted molar refractivity (Wildman–Crippen MR) is 108 cm³/mol. The fourth-order valence-electron chi connectivity index (χ4n) is 3.68. The summed E-state index contributed by atoms with van der Waals surface area (Å²) in [6.07, 6.45) is 0. The van der Waals surface area contributed by atoms with Crippen LogP contribution in [0.1, 0.15) is 27.8 Å². The molecule has 0 radical (unpaired) electrons. The SMILES string of the molecule is Cc1ccc(N2CCN(S(=O)(=O)c3ccc(C)c(C)c3C)CC2)c(C)c1. The zero-order valence-electron chi connectivity index (χ0n) is 16.3. The van der Waals surface area contributed by atoms with Crippen molar-refractivity contribution < 1.29 is 8.42 Å². The molecular weight excluding hydrogens is 344 g/mol. The molecule has 0 bridgehead atoms.